The third-order valence-electron chi connectivity index (χ3n) is 2.49. The molecule has 1 amide bonds. The Kier molecular flexibility index (Phi) is 5.36. The molecule has 4 nitrogen and oxygen atoms in total. The first-order valence-corrected chi connectivity index (χ1v) is 6.64. The number of carbonyl (C=O) groups excluding carboxylic acids is 1. The predicted molar refractivity (Wildman–Crippen MR) is 75.4 cm³/mol. The topological polar surface area (TPSA) is 47.6 Å². The Balaban J connectivity index is 2.70. The third kappa shape index (κ3) is 5.07. The van der Waals surface area contributed by atoms with Crippen LogP contribution in [0.1, 0.15) is 46.2 Å². The molecule has 20 heavy (non-hydrogen) atoms. The number of rotatable bonds is 4. The summed E-state index contributed by atoms with van der Waals surface area (Å²) in [6.07, 6.45) is -0.528. The van der Waals surface area contributed by atoms with Crippen LogP contribution in [0.15, 0.2) is 18.2 Å². The zero-order chi connectivity index (χ0) is 15.3. The number of hydrogen-bond acceptors (Lipinski definition) is 3. The summed E-state index contributed by atoms with van der Waals surface area (Å²) in [5, 5.41) is 2.66. The molecule has 0 fully saturated rings. The highest BCUT2D eigenvalue weighted by Gasteiger charge is 2.18. The van der Waals surface area contributed by atoms with E-state index in [0.29, 0.717) is 12.2 Å². The number of ether oxygens (including phenoxy) is 2. The summed E-state index contributed by atoms with van der Waals surface area (Å²) in [6.45, 7) is 9.32. The van der Waals surface area contributed by atoms with E-state index >= 15 is 0 Å². The molecule has 0 saturated heterocycles. The van der Waals surface area contributed by atoms with E-state index < -0.39 is 17.5 Å². The normalized spacial score (nSPS) is 12.7. The van der Waals surface area contributed by atoms with Gasteiger partial charge in [-0.15, -0.1) is 0 Å². The number of halogens is 1. The number of alkyl carbamates (subject to hydrolysis) is 1. The minimum atomic E-state index is -0.562. The van der Waals surface area contributed by atoms with Crippen LogP contribution in [-0.4, -0.2) is 18.3 Å². The van der Waals surface area contributed by atoms with E-state index in [9.17, 15) is 9.18 Å². The van der Waals surface area contributed by atoms with Crippen molar-refractivity contribution in [1.82, 2.24) is 5.32 Å². The number of nitrogens with one attached hydrogen (secondary N) is 1. The van der Waals surface area contributed by atoms with Crippen molar-refractivity contribution in [3.05, 3.63) is 29.6 Å². The Morgan fingerprint density at radius 1 is 1.40 bits per heavy atom. The monoisotopic (exact) mass is 283 g/mol. The molecule has 0 unspecified atom stereocenters. The van der Waals surface area contributed by atoms with Gasteiger partial charge in [-0.25, -0.2) is 9.18 Å². The van der Waals surface area contributed by atoms with E-state index in [0.717, 1.165) is 0 Å². The van der Waals surface area contributed by atoms with Gasteiger partial charge in [0.2, 0.25) is 0 Å². The van der Waals surface area contributed by atoms with Crippen LogP contribution >= 0.6 is 0 Å². The van der Waals surface area contributed by atoms with Crippen LogP contribution in [0.3, 0.4) is 0 Å². The second-order valence-corrected chi connectivity index (χ2v) is 5.49. The van der Waals surface area contributed by atoms with Crippen molar-refractivity contribution >= 4 is 6.09 Å². The van der Waals surface area contributed by atoms with Crippen molar-refractivity contribution in [2.75, 3.05) is 6.61 Å². The minimum absolute atomic E-state index is 0.209. The third-order valence-corrected chi connectivity index (χ3v) is 2.49. The van der Waals surface area contributed by atoms with Gasteiger partial charge in [0, 0.05) is 0 Å². The van der Waals surface area contributed by atoms with E-state index in [2.05, 4.69) is 5.32 Å². The highest BCUT2D eigenvalue weighted by atomic mass is 19.1. The van der Waals surface area contributed by atoms with E-state index in [1.165, 1.54) is 6.07 Å². The predicted octanol–water partition coefficient (Wildman–Crippen LogP) is 3.81. The van der Waals surface area contributed by atoms with Gasteiger partial charge in [0.05, 0.1) is 12.6 Å². The first-order valence-electron chi connectivity index (χ1n) is 6.64. The van der Waals surface area contributed by atoms with Crippen LogP contribution in [0.4, 0.5) is 9.18 Å². The average molecular weight is 283 g/mol. The molecule has 0 saturated carbocycles. The zero-order valence-electron chi connectivity index (χ0n) is 12.6. The van der Waals surface area contributed by atoms with Gasteiger partial charge in [0.1, 0.15) is 5.60 Å². The smallest absolute Gasteiger partial charge is 0.408 e. The Bertz CT molecular complexity index is 469. The maximum Gasteiger partial charge on any atom is 0.408 e. The molecule has 0 aliphatic carbocycles. The lowest BCUT2D eigenvalue weighted by atomic mass is 10.1. The fourth-order valence-electron chi connectivity index (χ4n) is 1.63. The maximum atomic E-state index is 13.7. The number of amides is 1. The summed E-state index contributed by atoms with van der Waals surface area (Å²) in [4.78, 5) is 11.6. The highest BCUT2D eigenvalue weighted by Crippen LogP contribution is 2.22. The first-order chi connectivity index (χ1) is 9.23. The maximum absolute atomic E-state index is 13.7. The van der Waals surface area contributed by atoms with E-state index in [1.807, 2.05) is 0 Å². The van der Waals surface area contributed by atoms with E-state index in [1.54, 1.807) is 46.8 Å². The minimum Gasteiger partial charge on any atom is -0.491 e. The summed E-state index contributed by atoms with van der Waals surface area (Å²) in [7, 11) is 0. The van der Waals surface area contributed by atoms with Crippen molar-refractivity contribution in [3.8, 4) is 5.75 Å². The summed E-state index contributed by atoms with van der Waals surface area (Å²) in [5.74, 6) is -0.233. The molecule has 1 N–H and O–H groups in total. The van der Waals surface area contributed by atoms with E-state index in [-0.39, 0.29) is 11.8 Å². The molecule has 112 valence electrons. The Morgan fingerprint density at radius 3 is 2.55 bits per heavy atom. The molecule has 0 aliphatic heterocycles. The molecule has 1 rings (SSSR count). The number of carbonyl (C=O) groups is 1. The second kappa shape index (κ2) is 6.59. The molecule has 5 heteroatoms. The van der Waals surface area contributed by atoms with Gasteiger partial charge >= 0.3 is 6.09 Å². The Labute approximate surface area is 119 Å². The lowest BCUT2D eigenvalue weighted by Gasteiger charge is -2.22. The van der Waals surface area contributed by atoms with Gasteiger partial charge in [0.25, 0.3) is 0 Å². The summed E-state index contributed by atoms with van der Waals surface area (Å²) >= 11 is 0. The lowest BCUT2D eigenvalue weighted by Crippen LogP contribution is -2.34. The van der Waals surface area contributed by atoms with Crippen LogP contribution in [0.2, 0.25) is 0 Å². The molecule has 1 atom stereocenters. The molecule has 0 radical (unpaired) electrons. The summed E-state index contributed by atoms with van der Waals surface area (Å²) in [5.41, 5.74) is 0.0882. The van der Waals surface area contributed by atoms with Crippen molar-refractivity contribution in [2.45, 2.75) is 46.3 Å². The molecule has 0 bridgehead atoms. The van der Waals surface area contributed by atoms with E-state index in [4.69, 9.17) is 9.47 Å². The molecule has 0 aliphatic rings. The summed E-state index contributed by atoms with van der Waals surface area (Å²) < 4.78 is 24.0. The number of benzene rings is 1. The van der Waals surface area contributed by atoms with Crippen molar-refractivity contribution < 1.29 is 18.7 Å². The van der Waals surface area contributed by atoms with Crippen LogP contribution in [-0.2, 0) is 4.74 Å². The fraction of sp³-hybridized carbons (Fsp3) is 0.533. The standard InChI is InChI=1S/C15H22FNO3/c1-6-19-13-8-7-11(9-12(13)16)10(2)17-14(18)20-15(3,4)5/h7-10H,6H2,1-5H3,(H,17,18)/t10-/m1/s1. The first kappa shape index (κ1) is 16.3. The Hall–Kier alpha value is -1.78. The van der Waals surface area contributed by atoms with Gasteiger partial charge in [-0.1, -0.05) is 6.07 Å². The van der Waals surface area contributed by atoms with Gasteiger partial charge in [-0.2, -0.15) is 0 Å². The molecular formula is C15H22FNO3. The van der Waals surface area contributed by atoms with Gasteiger partial charge in [-0.3, -0.25) is 0 Å². The average Bonchev–Trinajstić information content (AvgIpc) is 2.29. The van der Waals surface area contributed by atoms with Crippen LogP contribution < -0.4 is 10.1 Å². The SMILES string of the molecule is CCOc1ccc([C@@H](C)NC(=O)OC(C)(C)C)cc1F. The molecule has 0 spiro atoms. The molecule has 1 aromatic carbocycles. The molecular weight excluding hydrogens is 261 g/mol. The summed E-state index contributed by atoms with van der Waals surface area (Å²) in [6, 6.07) is 4.28. The molecule has 1 aromatic rings. The quantitative estimate of drug-likeness (QED) is 0.914. The second-order valence-electron chi connectivity index (χ2n) is 5.49. The largest absolute Gasteiger partial charge is 0.491 e. The van der Waals surface area contributed by atoms with Crippen molar-refractivity contribution in [3.63, 3.8) is 0 Å². The van der Waals surface area contributed by atoms with Crippen LogP contribution in [0.25, 0.3) is 0 Å². The van der Waals surface area contributed by atoms with Gasteiger partial charge < -0.3 is 14.8 Å². The zero-order valence-corrected chi connectivity index (χ0v) is 12.6. The van der Waals surface area contributed by atoms with Gasteiger partial charge in [0.15, 0.2) is 11.6 Å². The van der Waals surface area contributed by atoms with Crippen LogP contribution in [0, 0.1) is 5.82 Å². The van der Waals surface area contributed by atoms with Crippen molar-refractivity contribution in [1.29, 1.82) is 0 Å². The van der Waals surface area contributed by atoms with Gasteiger partial charge in [-0.05, 0) is 52.3 Å². The Morgan fingerprint density at radius 2 is 2.05 bits per heavy atom. The highest BCUT2D eigenvalue weighted by molar-refractivity contribution is 5.68. The fourth-order valence-corrected chi connectivity index (χ4v) is 1.63. The van der Waals surface area contributed by atoms with Crippen molar-refractivity contribution in [2.24, 2.45) is 0 Å². The lowest BCUT2D eigenvalue weighted by molar-refractivity contribution is 0.0508. The molecule has 0 heterocycles. The van der Waals surface area contributed by atoms with Crippen LogP contribution in [0.5, 0.6) is 5.75 Å². The molecule has 0 aromatic heterocycles. The number of hydrogen-bond donors (Lipinski definition) is 1.